The second kappa shape index (κ2) is 10.7. The molecule has 0 bridgehead atoms. The number of halogens is 3. The van der Waals surface area contributed by atoms with Gasteiger partial charge < -0.3 is 4.74 Å². The second-order valence-corrected chi connectivity index (χ2v) is 10.7. The molecule has 0 aliphatic heterocycles. The summed E-state index contributed by atoms with van der Waals surface area (Å²) in [6.45, 7) is 4.06. The van der Waals surface area contributed by atoms with Crippen molar-refractivity contribution in [2.45, 2.75) is 64.4 Å². The first-order valence-corrected chi connectivity index (χ1v) is 13.3. The molecule has 33 heavy (non-hydrogen) atoms. The summed E-state index contributed by atoms with van der Waals surface area (Å²) in [5, 5.41) is 5.63. The molecule has 1 aliphatic carbocycles. The van der Waals surface area contributed by atoms with Gasteiger partial charge in [-0.25, -0.2) is 4.98 Å². The van der Waals surface area contributed by atoms with Gasteiger partial charge in [-0.05, 0) is 78.0 Å². The maximum absolute atomic E-state index is 13.4. The Bertz CT molecular complexity index is 1230. The van der Waals surface area contributed by atoms with E-state index in [1.807, 2.05) is 25.1 Å². The molecule has 1 aromatic heterocycles. The lowest BCUT2D eigenvalue weighted by Gasteiger charge is -2.22. The molecule has 0 radical (unpaired) electrons. The fourth-order valence-electron chi connectivity index (χ4n) is 4.08. The first kappa shape index (κ1) is 24.4. The summed E-state index contributed by atoms with van der Waals surface area (Å²) in [6.07, 6.45) is 8.13. The number of ether oxygens (including phenoxy) is 1. The van der Waals surface area contributed by atoms with Crippen molar-refractivity contribution in [2.24, 2.45) is 5.10 Å². The highest BCUT2D eigenvalue weighted by Crippen LogP contribution is 2.35. The molecule has 1 atom stereocenters. The van der Waals surface area contributed by atoms with E-state index in [-0.39, 0.29) is 17.6 Å². The van der Waals surface area contributed by atoms with Crippen LogP contribution in [0.5, 0.6) is 5.75 Å². The van der Waals surface area contributed by atoms with E-state index >= 15 is 0 Å². The molecule has 1 heterocycles. The Morgan fingerprint density at radius 1 is 1.24 bits per heavy atom. The van der Waals surface area contributed by atoms with Crippen LogP contribution in [0.25, 0.3) is 10.9 Å². The summed E-state index contributed by atoms with van der Waals surface area (Å²) in [5.41, 5.74) is 1.30. The quantitative estimate of drug-likeness (QED) is 0.275. The molecule has 8 heteroatoms. The number of fused-ring (bicyclic) bond motifs is 1. The molecule has 174 valence electrons. The van der Waals surface area contributed by atoms with Gasteiger partial charge in [0.1, 0.15) is 5.82 Å². The fourth-order valence-corrected chi connectivity index (χ4v) is 5.40. The molecule has 0 N–H and O–H groups in total. The molecule has 0 saturated heterocycles. The Hall–Kier alpha value is -1.70. The predicted molar refractivity (Wildman–Crippen MR) is 142 cm³/mol. The lowest BCUT2D eigenvalue weighted by Crippen LogP contribution is -2.25. The lowest BCUT2D eigenvalue weighted by atomic mass is 9.88. The molecule has 0 spiro atoms. The van der Waals surface area contributed by atoms with Crippen LogP contribution < -0.4 is 10.3 Å². The molecule has 5 nitrogen and oxygen atoms in total. The van der Waals surface area contributed by atoms with E-state index in [0.29, 0.717) is 21.7 Å². The smallest absolute Gasteiger partial charge is 0.282 e. The van der Waals surface area contributed by atoms with Crippen molar-refractivity contribution in [3.05, 3.63) is 66.0 Å². The van der Waals surface area contributed by atoms with Gasteiger partial charge >= 0.3 is 0 Å². The number of hydrogen-bond donors (Lipinski definition) is 0. The number of rotatable bonds is 6. The normalized spacial score (nSPS) is 15.9. The highest BCUT2D eigenvalue weighted by atomic mass is 79.9. The van der Waals surface area contributed by atoms with Crippen LogP contribution >= 0.6 is 43.5 Å². The number of benzene rings is 2. The summed E-state index contributed by atoms with van der Waals surface area (Å²) in [6, 6.07) is 9.28. The number of nitrogens with zero attached hydrogens (tertiary/aromatic N) is 3. The van der Waals surface area contributed by atoms with E-state index in [9.17, 15) is 4.79 Å². The fraction of sp³-hybridized carbons (Fsp3) is 0.400. The van der Waals surface area contributed by atoms with Crippen LogP contribution in [0.15, 0.2) is 49.2 Å². The minimum atomic E-state index is -0.167. The maximum atomic E-state index is 13.4. The third-order valence-electron chi connectivity index (χ3n) is 6.04. The highest BCUT2D eigenvalue weighted by Gasteiger charge is 2.22. The molecular weight excluding hydrogens is 570 g/mol. The van der Waals surface area contributed by atoms with Crippen LogP contribution in [0.3, 0.4) is 0 Å². The molecular formula is C25H26Br2ClN3O2. The van der Waals surface area contributed by atoms with Gasteiger partial charge in [-0.2, -0.15) is 9.78 Å². The Morgan fingerprint density at radius 3 is 2.70 bits per heavy atom. The molecule has 0 unspecified atom stereocenters. The zero-order chi connectivity index (χ0) is 23.5. The minimum absolute atomic E-state index is 0.0537. The van der Waals surface area contributed by atoms with Crippen molar-refractivity contribution in [3.63, 3.8) is 0 Å². The van der Waals surface area contributed by atoms with Crippen LogP contribution in [0, 0.1) is 0 Å². The zero-order valence-electron chi connectivity index (χ0n) is 18.7. The largest absolute Gasteiger partial charge is 0.488 e. The highest BCUT2D eigenvalue weighted by molar-refractivity contribution is 9.10. The molecule has 2 aromatic carbocycles. The monoisotopic (exact) mass is 593 g/mol. The van der Waals surface area contributed by atoms with Gasteiger partial charge in [-0.1, -0.05) is 53.7 Å². The van der Waals surface area contributed by atoms with Crippen molar-refractivity contribution in [3.8, 4) is 5.75 Å². The molecule has 0 amide bonds. The maximum Gasteiger partial charge on any atom is 0.282 e. The van der Waals surface area contributed by atoms with Gasteiger partial charge in [0.05, 0.1) is 32.7 Å². The van der Waals surface area contributed by atoms with Crippen LogP contribution in [-0.4, -0.2) is 22.0 Å². The van der Waals surface area contributed by atoms with E-state index in [0.717, 1.165) is 52.4 Å². The molecule has 4 rings (SSSR count). The summed E-state index contributed by atoms with van der Waals surface area (Å²) in [4.78, 5) is 18.3. The summed E-state index contributed by atoms with van der Waals surface area (Å²) in [7, 11) is 0. The third-order valence-corrected chi connectivity index (χ3v) is 7.40. The topological polar surface area (TPSA) is 56.5 Å². The molecule has 1 saturated carbocycles. The summed E-state index contributed by atoms with van der Waals surface area (Å²) < 4.78 is 8.98. The van der Waals surface area contributed by atoms with Crippen molar-refractivity contribution in [1.82, 2.24) is 9.66 Å². The van der Waals surface area contributed by atoms with Gasteiger partial charge in [0, 0.05) is 10.4 Å². The first-order chi connectivity index (χ1) is 15.9. The molecule has 1 fully saturated rings. The summed E-state index contributed by atoms with van der Waals surface area (Å²) in [5.74, 6) is 1.56. The van der Waals surface area contributed by atoms with Gasteiger partial charge in [-0.15, -0.1) is 0 Å². The first-order valence-electron chi connectivity index (χ1n) is 11.3. The van der Waals surface area contributed by atoms with Crippen molar-refractivity contribution in [2.75, 3.05) is 0 Å². The van der Waals surface area contributed by atoms with Crippen LogP contribution in [0.2, 0.25) is 5.02 Å². The minimum Gasteiger partial charge on any atom is -0.488 e. The van der Waals surface area contributed by atoms with Crippen LogP contribution in [-0.2, 0) is 0 Å². The van der Waals surface area contributed by atoms with Crippen molar-refractivity contribution < 1.29 is 4.74 Å². The standard InChI is InChI=1S/C25H26Br2ClN3O2/c1-3-15(2)33-23-20(27)11-16(12-21(23)28)14-29-31-24(17-7-5-4-6-8-17)30-22-10-9-18(26)13-19(22)25(31)32/h9-15,17H,3-8H2,1-2H3/t15-/m1/s1. The van der Waals surface area contributed by atoms with Gasteiger partial charge in [0.2, 0.25) is 0 Å². The average molecular weight is 596 g/mol. The molecule has 3 aromatic rings. The van der Waals surface area contributed by atoms with Crippen molar-refractivity contribution in [1.29, 1.82) is 0 Å². The number of aromatic nitrogens is 2. The van der Waals surface area contributed by atoms with E-state index < -0.39 is 0 Å². The van der Waals surface area contributed by atoms with Crippen molar-refractivity contribution >= 4 is 60.6 Å². The van der Waals surface area contributed by atoms with Crippen LogP contribution in [0.4, 0.5) is 0 Å². The van der Waals surface area contributed by atoms with Gasteiger partial charge in [-0.3, -0.25) is 4.79 Å². The Labute approximate surface area is 215 Å². The predicted octanol–water partition coefficient (Wildman–Crippen LogP) is 7.68. The Balaban J connectivity index is 1.77. The third kappa shape index (κ3) is 5.52. The van der Waals surface area contributed by atoms with Crippen LogP contribution in [0.1, 0.15) is 69.7 Å². The Kier molecular flexibility index (Phi) is 7.92. The summed E-state index contributed by atoms with van der Waals surface area (Å²) >= 11 is 13.5. The van der Waals surface area contributed by atoms with Gasteiger partial charge in [0.25, 0.3) is 5.56 Å². The SMILES string of the molecule is CC[C@@H](C)Oc1c(Cl)cc(C=Nn2c(C3CCCCC3)nc3ccc(Br)cc3c2=O)cc1Br. The van der Waals surface area contributed by atoms with E-state index in [2.05, 4.69) is 43.9 Å². The van der Waals surface area contributed by atoms with E-state index in [4.69, 9.17) is 21.3 Å². The Morgan fingerprint density at radius 2 is 2.00 bits per heavy atom. The second-order valence-electron chi connectivity index (χ2n) is 8.48. The zero-order valence-corrected chi connectivity index (χ0v) is 22.6. The molecule has 1 aliphatic rings. The lowest BCUT2D eigenvalue weighted by molar-refractivity contribution is 0.216. The average Bonchev–Trinajstić information content (AvgIpc) is 2.81. The van der Waals surface area contributed by atoms with E-state index in [1.54, 1.807) is 18.3 Å². The van der Waals surface area contributed by atoms with E-state index in [1.165, 1.54) is 11.1 Å². The number of hydrogen-bond acceptors (Lipinski definition) is 4. The van der Waals surface area contributed by atoms with Gasteiger partial charge in [0.15, 0.2) is 5.75 Å².